The molecule has 142 valence electrons. The minimum Gasteiger partial charge on any atom is -0.418 e. The standard InChI is InChI=1S/C16H19F3N4O3/c1-10(24)21-13(7-2-3-8-20)15-23-22-14(25-15)11-5-4-6-12(9-11)26-16(17,18)19/h4-6,9,13H,2-3,7-8,20H2,1H3,(H,21,24)/t13-/m0/s1. The molecule has 10 heteroatoms. The molecule has 0 bridgehead atoms. The Bertz CT molecular complexity index is 734. The van der Waals surface area contributed by atoms with E-state index in [2.05, 4.69) is 20.3 Å². The number of nitrogens with one attached hydrogen (secondary N) is 1. The lowest BCUT2D eigenvalue weighted by atomic mass is 10.1. The van der Waals surface area contributed by atoms with Gasteiger partial charge in [-0.2, -0.15) is 0 Å². The Morgan fingerprint density at radius 1 is 1.35 bits per heavy atom. The summed E-state index contributed by atoms with van der Waals surface area (Å²) in [4.78, 5) is 11.4. The van der Waals surface area contributed by atoms with Crippen LogP contribution < -0.4 is 15.8 Å². The van der Waals surface area contributed by atoms with Crippen molar-refractivity contribution < 1.29 is 27.1 Å². The quantitative estimate of drug-likeness (QED) is 0.691. The Morgan fingerprint density at radius 3 is 2.77 bits per heavy atom. The van der Waals surface area contributed by atoms with Gasteiger partial charge in [-0.1, -0.05) is 6.07 Å². The third-order valence-electron chi connectivity index (χ3n) is 3.38. The molecule has 0 radical (unpaired) electrons. The lowest BCUT2D eigenvalue weighted by molar-refractivity contribution is -0.274. The van der Waals surface area contributed by atoms with Crippen LogP contribution in [0, 0.1) is 0 Å². The maximum Gasteiger partial charge on any atom is 0.573 e. The molecule has 2 rings (SSSR count). The highest BCUT2D eigenvalue weighted by Gasteiger charge is 2.31. The summed E-state index contributed by atoms with van der Waals surface area (Å²) in [7, 11) is 0. The summed E-state index contributed by atoms with van der Waals surface area (Å²) >= 11 is 0. The fraction of sp³-hybridized carbons (Fsp3) is 0.438. The number of aromatic nitrogens is 2. The molecule has 0 unspecified atom stereocenters. The van der Waals surface area contributed by atoms with Gasteiger partial charge in [0.05, 0.1) is 0 Å². The van der Waals surface area contributed by atoms with Crippen LogP contribution in [0.3, 0.4) is 0 Å². The fourth-order valence-electron chi connectivity index (χ4n) is 2.31. The molecule has 0 saturated heterocycles. The summed E-state index contributed by atoms with van der Waals surface area (Å²) in [5.74, 6) is -0.449. The first kappa shape index (κ1) is 19.7. The smallest absolute Gasteiger partial charge is 0.418 e. The zero-order chi connectivity index (χ0) is 19.2. The van der Waals surface area contributed by atoms with Crippen molar-refractivity contribution in [1.29, 1.82) is 0 Å². The van der Waals surface area contributed by atoms with E-state index in [-0.39, 0.29) is 23.3 Å². The second kappa shape index (κ2) is 8.65. The summed E-state index contributed by atoms with van der Waals surface area (Å²) in [6.45, 7) is 1.89. The van der Waals surface area contributed by atoms with Crippen LogP contribution in [0.15, 0.2) is 28.7 Å². The Morgan fingerprint density at radius 2 is 2.12 bits per heavy atom. The van der Waals surface area contributed by atoms with Gasteiger partial charge in [-0.15, -0.1) is 23.4 Å². The van der Waals surface area contributed by atoms with Crippen LogP contribution in [-0.2, 0) is 4.79 Å². The molecular weight excluding hydrogens is 353 g/mol. The molecule has 0 aliphatic rings. The summed E-state index contributed by atoms with van der Waals surface area (Å²) in [6.07, 6.45) is -2.73. The van der Waals surface area contributed by atoms with E-state index < -0.39 is 18.2 Å². The van der Waals surface area contributed by atoms with Crippen LogP contribution in [-0.4, -0.2) is 29.0 Å². The van der Waals surface area contributed by atoms with Gasteiger partial charge < -0.3 is 20.2 Å². The highest BCUT2D eigenvalue weighted by atomic mass is 19.4. The number of benzene rings is 1. The topological polar surface area (TPSA) is 103 Å². The minimum atomic E-state index is -4.79. The van der Waals surface area contributed by atoms with E-state index in [9.17, 15) is 18.0 Å². The van der Waals surface area contributed by atoms with E-state index in [0.717, 1.165) is 18.9 Å². The number of nitrogens with two attached hydrogens (primary N) is 1. The SMILES string of the molecule is CC(=O)N[C@@H](CCCCN)c1nnc(-c2cccc(OC(F)(F)F)c2)o1. The van der Waals surface area contributed by atoms with Gasteiger partial charge in [-0.3, -0.25) is 4.79 Å². The van der Waals surface area contributed by atoms with Crippen molar-refractivity contribution in [2.24, 2.45) is 5.73 Å². The van der Waals surface area contributed by atoms with Gasteiger partial charge >= 0.3 is 6.36 Å². The summed E-state index contributed by atoms with van der Waals surface area (Å²) < 4.78 is 46.4. The van der Waals surface area contributed by atoms with Crippen molar-refractivity contribution in [2.75, 3.05) is 6.54 Å². The maximum absolute atomic E-state index is 12.3. The monoisotopic (exact) mass is 372 g/mol. The van der Waals surface area contributed by atoms with E-state index in [0.29, 0.717) is 13.0 Å². The summed E-state index contributed by atoms with van der Waals surface area (Å²) in [5, 5.41) is 10.5. The number of alkyl halides is 3. The van der Waals surface area contributed by atoms with Crippen molar-refractivity contribution in [2.45, 2.75) is 38.6 Å². The third-order valence-corrected chi connectivity index (χ3v) is 3.38. The number of hydrogen-bond acceptors (Lipinski definition) is 6. The molecule has 0 aliphatic carbocycles. The Labute approximate surface area is 147 Å². The largest absolute Gasteiger partial charge is 0.573 e. The fourth-order valence-corrected chi connectivity index (χ4v) is 2.31. The molecular formula is C16H19F3N4O3. The number of unbranched alkanes of at least 4 members (excludes halogenated alkanes) is 1. The molecule has 26 heavy (non-hydrogen) atoms. The Hall–Kier alpha value is -2.62. The molecule has 0 spiro atoms. The molecule has 0 saturated carbocycles. The zero-order valence-electron chi connectivity index (χ0n) is 14.0. The number of nitrogens with zero attached hydrogens (tertiary/aromatic N) is 2. The predicted octanol–water partition coefficient (Wildman–Crippen LogP) is 2.94. The van der Waals surface area contributed by atoms with Gasteiger partial charge in [0.1, 0.15) is 11.8 Å². The number of halogens is 3. The number of rotatable bonds is 8. The van der Waals surface area contributed by atoms with Gasteiger partial charge in [0.2, 0.25) is 17.7 Å². The van der Waals surface area contributed by atoms with Crippen molar-refractivity contribution in [3.63, 3.8) is 0 Å². The Kier molecular flexibility index (Phi) is 6.56. The average molecular weight is 372 g/mol. The second-order valence-corrected chi connectivity index (χ2v) is 5.56. The first-order chi connectivity index (χ1) is 12.3. The predicted molar refractivity (Wildman–Crippen MR) is 85.9 cm³/mol. The maximum atomic E-state index is 12.3. The third kappa shape index (κ3) is 6.03. The van der Waals surface area contributed by atoms with E-state index in [1.807, 2.05) is 0 Å². The van der Waals surface area contributed by atoms with Gasteiger partial charge in [-0.25, -0.2) is 0 Å². The van der Waals surface area contributed by atoms with Crippen molar-refractivity contribution in [1.82, 2.24) is 15.5 Å². The summed E-state index contributed by atoms with van der Waals surface area (Å²) in [5.41, 5.74) is 5.73. The van der Waals surface area contributed by atoms with Gasteiger partial charge in [0, 0.05) is 12.5 Å². The van der Waals surface area contributed by atoms with Crippen LogP contribution in [0.1, 0.15) is 38.1 Å². The zero-order valence-corrected chi connectivity index (χ0v) is 14.0. The van der Waals surface area contributed by atoms with E-state index >= 15 is 0 Å². The van der Waals surface area contributed by atoms with Crippen molar-refractivity contribution in [3.8, 4) is 17.2 Å². The minimum absolute atomic E-state index is 0.0294. The lowest BCUT2D eigenvalue weighted by Crippen LogP contribution is -2.26. The molecule has 1 heterocycles. The molecule has 3 N–H and O–H groups in total. The van der Waals surface area contributed by atoms with Crippen LogP contribution in [0.4, 0.5) is 13.2 Å². The number of carbonyl (C=O) groups excluding carboxylic acids is 1. The number of ether oxygens (including phenoxy) is 1. The highest BCUT2D eigenvalue weighted by molar-refractivity contribution is 5.73. The van der Waals surface area contributed by atoms with E-state index in [4.69, 9.17) is 10.2 Å². The van der Waals surface area contributed by atoms with Gasteiger partial charge in [0.15, 0.2) is 0 Å². The molecule has 7 nitrogen and oxygen atoms in total. The van der Waals surface area contributed by atoms with Crippen LogP contribution in [0.25, 0.3) is 11.5 Å². The van der Waals surface area contributed by atoms with Gasteiger partial charge in [0.25, 0.3) is 0 Å². The summed E-state index contributed by atoms with van der Waals surface area (Å²) in [6, 6.07) is 4.72. The molecule has 0 fully saturated rings. The van der Waals surface area contributed by atoms with Crippen LogP contribution in [0.2, 0.25) is 0 Å². The normalized spacial score (nSPS) is 12.7. The molecule has 1 atom stereocenters. The highest BCUT2D eigenvalue weighted by Crippen LogP contribution is 2.28. The number of amides is 1. The lowest BCUT2D eigenvalue weighted by Gasteiger charge is -2.13. The molecule has 0 aliphatic heterocycles. The molecule has 1 amide bonds. The van der Waals surface area contributed by atoms with E-state index in [1.54, 1.807) is 0 Å². The van der Waals surface area contributed by atoms with Gasteiger partial charge in [-0.05, 0) is 44.0 Å². The first-order valence-corrected chi connectivity index (χ1v) is 7.95. The molecule has 2 aromatic rings. The molecule has 1 aromatic carbocycles. The first-order valence-electron chi connectivity index (χ1n) is 7.95. The average Bonchev–Trinajstić information content (AvgIpc) is 3.02. The van der Waals surface area contributed by atoms with Crippen molar-refractivity contribution >= 4 is 5.91 Å². The van der Waals surface area contributed by atoms with Crippen LogP contribution >= 0.6 is 0 Å². The van der Waals surface area contributed by atoms with Crippen LogP contribution in [0.5, 0.6) is 5.75 Å². The number of carbonyl (C=O) groups is 1. The molecule has 1 aromatic heterocycles. The van der Waals surface area contributed by atoms with Crippen molar-refractivity contribution in [3.05, 3.63) is 30.2 Å². The Balaban J connectivity index is 2.18. The van der Waals surface area contributed by atoms with E-state index in [1.165, 1.54) is 25.1 Å². The second-order valence-electron chi connectivity index (χ2n) is 5.56. The number of hydrogen-bond donors (Lipinski definition) is 2.